The van der Waals surface area contributed by atoms with Crippen LogP contribution in [0.1, 0.15) is 35.3 Å². The molecule has 1 N–H and O–H groups in total. The van der Waals surface area contributed by atoms with Gasteiger partial charge in [-0.3, -0.25) is 4.79 Å². The molecule has 0 aromatic heterocycles. The lowest BCUT2D eigenvalue weighted by atomic mass is 9.97. The Kier molecular flexibility index (Phi) is 6.12. The van der Waals surface area contributed by atoms with E-state index >= 15 is 0 Å². The molecule has 0 saturated carbocycles. The molecule has 4 heteroatoms. The highest BCUT2D eigenvalue weighted by atomic mass is 16.5. The zero-order chi connectivity index (χ0) is 17.6. The summed E-state index contributed by atoms with van der Waals surface area (Å²) in [6.45, 7) is 6.49. The molecule has 0 amide bonds. The average Bonchev–Trinajstić information content (AvgIpc) is 2.55. The lowest BCUT2D eigenvalue weighted by molar-refractivity contribution is 0.0488. The van der Waals surface area contributed by atoms with Crippen molar-refractivity contribution >= 4 is 5.78 Å². The molecular weight excluding hydrogens is 304 g/mol. The van der Waals surface area contributed by atoms with E-state index in [-0.39, 0.29) is 5.78 Å². The van der Waals surface area contributed by atoms with Crippen LogP contribution in [0.5, 0.6) is 5.75 Å². The number of ether oxygens (including phenoxy) is 2. The van der Waals surface area contributed by atoms with E-state index in [4.69, 9.17) is 9.47 Å². The Morgan fingerprint density at radius 1 is 1.00 bits per heavy atom. The van der Waals surface area contributed by atoms with Gasteiger partial charge in [0.15, 0.2) is 5.78 Å². The lowest BCUT2D eigenvalue weighted by Crippen LogP contribution is -2.30. The van der Waals surface area contributed by atoms with Gasteiger partial charge in [0.1, 0.15) is 18.0 Å². The van der Waals surface area contributed by atoms with Gasteiger partial charge >= 0.3 is 0 Å². The minimum atomic E-state index is -1.37. The van der Waals surface area contributed by atoms with Gasteiger partial charge in [0.25, 0.3) is 0 Å². The van der Waals surface area contributed by atoms with E-state index in [0.29, 0.717) is 31.1 Å². The highest BCUT2D eigenvalue weighted by Gasteiger charge is 2.24. The molecule has 0 atom stereocenters. The predicted molar refractivity (Wildman–Crippen MR) is 93.4 cm³/mol. The van der Waals surface area contributed by atoms with Crippen LogP contribution in [0.15, 0.2) is 48.5 Å². The summed E-state index contributed by atoms with van der Waals surface area (Å²) in [7, 11) is 0. The van der Waals surface area contributed by atoms with E-state index in [9.17, 15) is 9.90 Å². The maximum atomic E-state index is 11.9. The van der Waals surface area contributed by atoms with Gasteiger partial charge in [-0.2, -0.15) is 0 Å². The molecule has 2 aromatic rings. The van der Waals surface area contributed by atoms with Gasteiger partial charge in [0.2, 0.25) is 0 Å². The summed E-state index contributed by atoms with van der Waals surface area (Å²) in [6.07, 6.45) is 0. The molecule has 0 bridgehead atoms. The second-order valence-electron chi connectivity index (χ2n) is 6.30. The minimum Gasteiger partial charge on any atom is -0.491 e. The Hall–Kier alpha value is -2.17. The summed E-state index contributed by atoms with van der Waals surface area (Å²) in [5.41, 5.74) is 1.46. The topological polar surface area (TPSA) is 55.8 Å². The monoisotopic (exact) mass is 328 g/mol. The number of benzene rings is 2. The molecule has 0 heterocycles. The molecular formula is C20H24O4. The van der Waals surface area contributed by atoms with Crippen LogP contribution in [0.2, 0.25) is 0 Å². The summed E-state index contributed by atoms with van der Waals surface area (Å²) >= 11 is 0. The summed E-state index contributed by atoms with van der Waals surface area (Å²) in [4.78, 5) is 11.9. The molecule has 0 saturated heterocycles. The fourth-order valence-corrected chi connectivity index (χ4v) is 2.15. The van der Waals surface area contributed by atoms with Crippen LogP contribution in [0, 0.1) is 6.92 Å². The van der Waals surface area contributed by atoms with E-state index < -0.39 is 5.60 Å². The van der Waals surface area contributed by atoms with Gasteiger partial charge in [0.05, 0.1) is 13.2 Å². The molecule has 0 spiro atoms. The normalized spacial score (nSPS) is 11.3. The third kappa shape index (κ3) is 5.48. The number of carbonyl (C=O) groups excluding carboxylic acids is 1. The molecule has 0 radical (unpaired) electrons. The number of hydrogen-bond acceptors (Lipinski definition) is 4. The van der Waals surface area contributed by atoms with Crippen LogP contribution in [0.4, 0.5) is 0 Å². The highest BCUT2D eigenvalue weighted by molar-refractivity contribution is 6.01. The van der Waals surface area contributed by atoms with Crippen LogP contribution < -0.4 is 4.74 Å². The van der Waals surface area contributed by atoms with E-state index in [1.165, 1.54) is 19.4 Å². The summed E-state index contributed by atoms with van der Waals surface area (Å²) in [6, 6.07) is 15.0. The van der Waals surface area contributed by atoms with Gasteiger partial charge in [0, 0.05) is 5.56 Å². The largest absolute Gasteiger partial charge is 0.491 e. The molecule has 0 unspecified atom stereocenters. The van der Waals surface area contributed by atoms with Crippen molar-refractivity contribution in [3.63, 3.8) is 0 Å². The number of rotatable bonds is 8. The van der Waals surface area contributed by atoms with Crippen molar-refractivity contribution in [2.75, 3.05) is 13.2 Å². The number of hydrogen-bond donors (Lipinski definition) is 1. The van der Waals surface area contributed by atoms with Gasteiger partial charge in [-0.15, -0.1) is 0 Å². The van der Waals surface area contributed by atoms with Gasteiger partial charge in [-0.1, -0.05) is 29.8 Å². The first-order valence-corrected chi connectivity index (χ1v) is 7.99. The second kappa shape index (κ2) is 8.08. The number of ketones is 1. The van der Waals surface area contributed by atoms with Gasteiger partial charge < -0.3 is 14.6 Å². The first kappa shape index (κ1) is 18.2. The van der Waals surface area contributed by atoms with Crippen molar-refractivity contribution in [1.82, 2.24) is 0 Å². The Bertz CT molecular complexity index is 652. The Morgan fingerprint density at radius 2 is 1.62 bits per heavy atom. The Labute approximate surface area is 143 Å². The van der Waals surface area contributed by atoms with Crippen LogP contribution in [0.3, 0.4) is 0 Å². The molecule has 0 aliphatic heterocycles. The maximum Gasteiger partial charge on any atom is 0.193 e. The number of carbonyl (C=O) groups is 1. The smallest absolute Gasteiger partial charge is 0.193 e. The number of Topliss-reactive ketones (excluding diaryl/α,β-unsaturated/α-hetero) is 1. The van der Waals surface area contributed by atoms with Gasteiger partial charge in [-0.05, 0) is 50.6 Å². The average molecular weight is 328 g/mol. The molecule has 0 aliphatic carbocycles. The van der Waals surface area contributed by atoms with Crippen LogP contribution in [-0.4, -0.2) is 29.7 Å². The van der Waals surface area contributed by atoms with Crippen molar-refractivity contribution < 1.29 is 19.4 Å². The third-order valence-corrected chi connectivity index (χ3v) is 3.56. The number of aryl methyl sites for hydroxylation is 1. The minimum absolute atomic E-state index is 0.310. The van der Waals surface area contributed by atoms with Crippen molar-refractivity contribution in [2.24, 2.45) is 0 Å². The van der Waals surface area contributed by atoms with E-state index in [0.717, 1.165) is 5.56 Å². The third-order valence-electron chi connectivity index (χ3n) is 3.56. The van der Waals surface area contributed by atoms with E-state index in [1.54, 1.807) is 24.3 Å². The summed E-state index contributed by atoms with van der Waals surface area (Å²) in [5.74, 6) is 0.358. The lowest BCUT2D eigenvalue weighted by Gasteiger charge is -2.15. The molecule has 2 aromatic carbocycles. The molecule has 4 nitrogen and oxygen atoms in total. The first-order valence-electron chi connectivity index (χ1n) is 7.99. The van der Waals surface area contributed by atoms with Crippen molar-refractivity contribution in [1.29, 1.82) is 0 Å². The van der Waals surface area contributed by atoms with Gasteiger partial charge in [-0.25, -0.2) is 0 Å². The molecule has 24 heavy (non-hydrogen) atoms. The van der Waals surface area contributed by atoms with Crippen LogP contribution in [-0.2, 0) is 11.3 Å². The van der Waals surface area contributed by atoms with E-state index in [2.05, 4.69) is 31.2 Å². The van der Waals surface area contributed by atoms with E-state index in [1.807, 2.05) is 0 Å². The first-order chi connectivity index (χ1) is 11.4. The zero-order valence-electron chi connectivity index (χ0n) is 14.4. The molecule has 2 rings (SSSR count). The molecule has 0 fully saturated rings. The highest BCUT2D eigenvalue weighted by Crippen LogP contribution is 2.17. The van der Waals surface area contributed by atoms with Crippen LogP contribution in [0.25, 0.3) is 0 Å². The Balaban J connectivity index is 1.73. The van der Waals surface area contributed by atoms with Crippen molar-refractivity contribution in [2.45, 2.75) is 33.0 Å². The summed E-state index contributed by atoms with van der Waals surface area (Å²) < 4.78 is 11.2. The molecule has 0 aliphatic rings. The van der Waals surface area contributed by atoms with Crippen molar-refractivity contribution in [3.05, 3.63) is 65.2 Å². The van der Waals surface area contributed by atoms with Crippen LogP contribution >= 0.6 is 0 Å². The zero-order valence-corrected chi connectivity index (χ0v) is 14.4. The fourth-order valence-electron chi connectivity index (χ4n) is 2.15. The maximum absolute atomic E-state index is 11.9. The fraction of sp³-hybridized carbons (Fsp3) is 0.350. The second-order valence-corrected chi connectivity index (χ2v) is 6.30. The SMILES string of the molecule is Cc1ccc(COCCOc2ccc(C(=O)C(C)(C)O)cc2)cc1. The standard InChI is InChI=1S/C20H24O4/c1-15-4-6-16(7-5-15)14-23-12-13-24-18-10-8-17(9-11-18)19(21)20(2,3)22/h4-11,22H,12-14H2,1-3H3. The molecule has 128 valence electrons. The predicted octanol–water partition coefficient (Wildman–Crippen LogP) is 3.54. The Morgan fingerprint density at radius 3 is 2.21 bits per heavy atom. The quantitative estimate of drug-likeness (QED) is 0.595. The number of aliphatic hydroxyl groups is 1. The summed E-state index contributed by atoms with van der Waals surface area (Å²) in [5, 5.41) is 9.72. The van der Waals surface area contributed by atoms with Crippen molar-refractivity contribution in [3.8, 4) is 5.75 Å².